The maximum absolute atomic E-state index is 12.2. The quantitative estimate of drug-likeness (QED) is 0.790. The van der Waals surface area contributed by atoms with Gasteiger partial charge in [0.15, 0.2) is 0 Å². The summed E-state index contributed by atoms with van der Waals surface area (Å²) < 4.78 is 0. The smallest absolute Gasteiger partial charge is 0.254 e. The molecule has 96 valence electrons. The number of aliphatic hydroxyl groups excluding tert-OH is 1. The van der Waals surface area contributed by atoms with E-state index in [-0.39, 0.29) is 18.6 Å². The van der Waals surface area contributed by atoms with Crippen molar-refractivity contribution in [2.75, 3.05) is 13.2 Å². The number of rotatable bonds is 5. The first-order valence-electron chi connectivity index (χ1n) is 5.95. The number of nitrogens with zero attached hydrogens (tertiary/aromatic N) is 1. The molecule has 0 aromatic heterocycles. The fourth-order valence-corrected chi connectivity index (χ4v) is 1.89. The van der Waals surface area contributed by atoms with Gasteiger partial charge in [-0.2, -0.15) is 0 Å². The van der Waals surface area contributed by atoms with Gasteiger partial charge < -0.3 is 15.7 Å². The average molecular weight is 248 g/mol. The molecule has 2 amide bonds. The zero-order valence-corrected chi connectivity index (χ0v) is 10.0. The second kappa shape index (κ2) is 5.18. The van der Waals surface area contributed by atoms with E-state index in [0.29, 0.717) is 17.7 Å². The third-order valence-corrected chi connectivity index (χ3v) is 3.01. The third kappa shape index (κ3) is 2.68. The van der Waals surface area contributed by atoms with Crippen molar-refractivity contribution in [2.45, 2.75) is 18.9 Å². The molecule has 5 nitrogen and oxygen atoms in total. The van der Waals surface area contributed by atoms with Crippen LogP contribution >= 0.6 is 0 Å². The topological polar surface area (TPSA) is 83.6 Å². The molecule has 3 N–H and O–H groups in total. The van der Waals surface area contributed by atoms with E-state index in [0.717, 1.165) is 12.8 Å². The highest BCUT2D eigenvalue weighted by Gasteiger charge is 2.32. The number of hydrogen-bond donors (Lipinski definition) is 2. The van der Waals surface area contributed by atoms with Gasteiger partial charge in [-0.1, -0.05) is 0 Å². The van der Waals surface area contributed by atoms with E-state index < -0.39 is 5.91 Å². The van der Waals surface area contributed by atoms with Crippen LogP contribution in [0.4, 0.5) is 0 Å². The number of nitrogens with two attached hydrogens (primary N) is 1. The summed E-state index contributed by atoms with van der Waals surface area (Å²) in [7, 11) is 0. The number of carbonyl (C=O) groups is 2. The number of benzene rings is 1. The highest BCUT2D eigenvalue weighted by Crippen LogP contribution is 2.27. The monoisotopic (exact) mass is 248 g/mol. The molecule has 1 saturated carbocycles. The van der Waals surface area contributed by atoms with E-state index in [4.69, 9.17) is 10.8 Å². The summed E-state index contributed by atoms with van der Waals surface area (Å²) in [6, 6.07) is 6.52. The van der Waals surface area contributed by atoms with Crippen LogP contribution in [0, 0.1) is 0 Å². The minimum Gasteiger partial charge on any atom is -0.395 e. The van der Waals surface area contributed by atoms with Crippen molar-refractivity contribution in [2.24, 2.45) is 5.73 Å². The number of primary amides is 1. The van der Waals surface area contributed by atoms with E-state index in [1.54, 1.807) is 29.2 Å². The highest BCUT2D eigenvalue weighted by molar-refractivity contribution is 5.97. The minimum absolute atomic E-state index is 0.0401. The summed E-state index contributed by atoms with van der Waals surface area (Å²) in [5.41, 5.74) is 6.03. The van der Waals surface area contributed by atoms with Crippen LogP contribution in [0.1, 0.15) is 33.6 Å². The van der Waals surface area contributed by atoms with Gasteiger partial charge in [0.1, 0.15) is 0 Å². The average Bonchev–Trinajstić information content (AvgIpc) is 3.19. The lowest BCUT2D eigenvalue weighted by Gasteiger charge is -2.21. The molecule has 18 heavy (non-hydrogen) atoms. The largest absolute Gasteiger partial charge is 0.395 e. The van der Waals surface area contributed by atoms with Crippen LogP contribution in [-0.2, 0) is 0 Å². The van der Waals surface area contributed by atoms with Crippen molar-refractivity contribution in [1.29, 1.82) is 0 Å². The second-order valence-electron chi connectivity index (χ2n) is 4.39. The van der Waals surface area contributed by atoms with E-state index >= 15 is 0 Å². The lowest BCUT2D eigenvalue weighted by molar-refractivity contribution is 0.0707. The van der Waals surface area contributed by atoms with Crippen molar-refractivity contribution in [1.82, 2.24) is 4.90 Å². The Bertz CT molecular complexity index is 452. The van der Waals surface area contributed by atoms with E-state index in [2.05, 4.69) is 0 Å². The van der Waals surface area contributed by atoms with Crippen LogP contribution in [0.3, 0.4) is 0 Å². The Balaban J connectivity index is 2.13. The Hall–Kier alpha value is -1.88. The molecular weight excluding hydrogens is 232 g/mol. The number of carbonyl (C=O) groups excluding carboxylic acids is 2. The summed E-state index contributed by atoms with van der Waals surface area (Å²) in [5, 5.41) is 8.97. The van der Waals surface area contributed by atoms with Gasteiger partial charge in [-0.3, -0.25) is 9.59 Å². The predicted molar refractivity (Wildman–Crippen MR) is 66.1 cm³/mol. The van der Waals surface area contributed by atoms with Crippen molar-refractivity contribution < 1.29 is 14.7 Å². The van der Waals surface area contributed by atoms with Gasteiger partial charge in [0.25, 0.3) is 5.91 Å². The first kappa shape index (κ1) is 12.6. The van der Waals surface area contributed by atoms with Gasteiger partial charge in [-0.15, -0.1) is 0 Å². The first-order valence-corrected chi connectivity index (χ1v) is 5.95. The minimum atomic E-state index is -0.511. The summed E-state index contributed by atoms with van der Waals surface area (Å²) >= 11 is 0. The molecule has 0 atom stereocenters. The highest BCUT2D eigenvalue weighted by atomic mass is 16.3. The third-order valence-electron chi connectivity index (χ3n) is 3.01. The Labute approximate surface area is 105 Å². The van der Waals surface area contributed by atoms with Crippen molar-refractivity contribution in [3.63, 3.8) is 0 Å². The zero-order valence-electron chi connectivity index (χ0n) is 10.0. The van der Waals surface area contributed by atoms with E-state index in [9.17, 15) is 9.59 Å². The van der Waals surface area contributed by atoms with E-state index in [1.165, 1.54) is 0 Å². The fourth-order valence-electron chi connectivity index (χ4n) is 1.89. The summed E-state index contributed by atoms with van der Waals surface area (Å²) in [5.74, 6) is -0.619. The van der Waals surface area contributed by atoms with Gasteiger partial charge in [0.2, 0.25) is 5.91 Å². The Morgan fingerprint density at radius 3 is 2.22 bits per heavy atom. The normalized spacial score (nSPS) is 14.3. The first-order chi connectivity index (χ1) is 8.63. The van der Waals surface area contributed by atoms with Gasteiger partial charge in [0.05, 0.1) is 6.61 Å². The standard InChI is InChI=1S/C13H16N2O3/c14-12(17)9-1-3-10(4-2-9)13(18)15(7-8-16)11-5-6-11/h1-4,11,16H,5-8H2,(H2,14,17). The lowest BCUT2D eigenvalue weighted by Crippen LogP contribution is -2.35. The molecule has 0 radical (unpaired) electrons. The van der Waals surface area contributed by atoms with Crippen molar-refractivity contribution in [3.05, 3.63) is 35.4 Å². The Morgan fingerprint density at radius 1 is 1.22 bits per heavy atom. The molecule has 0 heterocycles. The van der Waals surface area contributed by atoms with Crippen LogP contribution in [0.25, 0.3) is 0 Å². The molecule has 0 spiro atoms. The molecule has 0 unspecified atom stereocenters. The van der Waals surface area contributed by atoms with Crippen LogP contribution in [-0.4, -0.2) is 41.0 Å². The number of hydrogen-bond acceptors (Lipinski definition) is 3. The maximum atomic E-state index is 12.2. The summed E-state index contributed by atoms with van der Waals surface area (Å²) in [6.07, 6.45) is 1.98. The molecule has 1 aromatic carbocycles. The lowest BCUT2D eigenvalue weighted by atomic mass is 10.1. The Morgan fingerprint density at radius 2 is 1.78 bits per heavy atom. The van der Waals surface area contributed by atoms with Crippen molar-refractivity contribution in [3.8, 4) is 0 Å². The number of aliphatic hydroxyl groups is 1. The van der Waals surface area contributed by atoms with Gasteiger partial charge in [-0.25, -0.2) is 0 Å². The van der Waals surface area contributed by atoms with Crippen LogP contribution in [0.15, 0.2) is 24.3 Å². The SMILES string of the molecule is NC(=O)c1ccc(C(=O)N(CCO)C2CC2)cc1. The van der Waals surface area contributed by atoms with Crippen molar-refractivity contribution >= 4 is 11.8 Å². The predicted octanol–water partition coefficient (Wildman–Crippen LogP) is 0.382. The molecule has 1 aliphatic rings. The van der Waals surface area contributed by atoms with Crippen LogP contribution < -0.4 is 5.73 Å². The molecule has 1 fully saturated rings. The maximum Gasteiger partial charge on any atom is 0.254 e. The molecular formula is C13H16N2O3. The zero-order chi connectivity index (χ0) is 13.1. The second-order valence-corrected chi connectivity index (χ2v) is 4.39. The summed E-state index contributed by atoms with van der Waals surface area (Å²) in [6.45, 7) is 0.308. The van der Waals surface area contributed by atoms with Crippen LogP contribution in [0.2, 0.25) is 0 Å². The van der Waals surface area contributed by atoms with Gasteiger partial charge in [-0.05, 0) is 37.1 Å². The van der Waals surface area contributed by atoms with Crippen LogP contribution in [0.5, 0.6) is 0 Å². The molecule has 0 bridgehead atoms. The number of amides is 2. The molecule has 1 aromatic rings. The molecule has 2 rings (SSSR count). The molecule has 0 aliphatic heterocycles. The summed E-state index contributed by atoms with van der Waals surface area (Å²) in [4.78, 5) is 24.8. The Kier molecular flexibility index (Phi) is 3.62. The molecule has 1 aliphatic carbocycles. The van der Waals surface area contributed by atoms with Gasteiger partial charge in [0, 0.05) is 23.7 Å². The molecule has 0 saturated heterocycles. The fraction of sp³-hybridized carbons (Fsp3) is 0.385. The van der Waals surface area contributed by atoms with E-state index in [1.807, 2.05) is 0 Å². The molecule has 5 heteroatoms. The van der Waals surface area contributed by atoms with Gasteiger partial charge >= 0.3 is 0 Å².